The topological polar surface area (TPSA) is 101 Å². The fourth-order valence-corrected chi connectivity index (χ4v) is 7.71. The van der Waals surface area contributed by atoms with Crippen LogP contribution in [-0.4, -0.2) is 43.6 Å². The van der Waals surface area contributed by atoms with E-state index < -0.39 is 9.84 Å². The molecule has 1 aliphatic heterocycles. The van der Waals surface area contributed by atoms with Crippen molar-refractivity contribution in [1.82, 2.24) is 10.6 Å². The van der Waals surface area contributed by atoms with Gasteiger partial charge in [0.1, 0.15) is 0 Å². The first-order valence-electron chi connectivity index (χ1n) is 9.81. The van der Waals surface area contributed by atoms with E-state index in [1.807, 2.05) is 0 Å². The highest BCUT2D eigenvalue weighted by Crippen LogP contribution is 2.57. The van der Waals surface area contributed by atoms with E-state index in [4.69, 9.17) is 5.73 Å². The molecule has 1 saturated heterocycles. The minimum atomic E-state index is -3.08. The van der Waals surface area contributed by atoms with Crippen LogP contribution in [0.1, 0.15) is 51.9 Å². The van der Waals surface area contributed by atoms with Gasteiger partial charge in [0.2, 0.25) is 0 Å². The lowest BCUT2D eigenvalue weighted by Crippen LogP contribution is -2.67. The van der Waals surface area contributed by atoms with Crippen molar-refractivity contribution in [3.8, 4) is 0 Å². The largest absolute Gasteiger partial charge is 0.336 e. The molecule has 5 rings (SSSR count). The van der Waals surface area contributed by atoms with Gasteiger partial charge in [0.15, 0.2) is 9.84 Å². The Balaban J connectivity index is 1.32. The molecule has 0 aromatic rings. The van der Waals surface area contributed by atoms with E-state index in [9.17, 15) is 13.2 Å². The first-order valence-corrected chi connectivity index (χ1v) is 11.5. The van der Waals surface area contributed by atoms with Crippen LogP contribution in [0.2, 0.25) is 0 Å². The Bertz CT molecular complexity index is 620. The number of carbonyl (C=O) groups excluding carboxylic acids is 1. The van der Waals surface area contributed by atoms with Gasteiger partial charge in [0, 0.05) is 18.1 Å². The molecule has 25 heavy (non-hydrogen) atoms. The third kappa shape index (κ3) is 3.18. The van der Waals surface area contributed by atoms with Crippen molar-refractivity contribution >= 4 is 15.9 Å². The van der Waals surface area contributed by atoms with Gasteiger partial charge in [0.05, 0.1) is 11.0 Å². The number of rotatable bonds is 3. The second kappa shape index (κ2) is 6.12. The van der Waals surface area contributed by atoms with E-state index in [0.29, 0.717) is 24.8 Å². The molecule has 0 aromatic heterocycles. The molecule has 4 saturated carbocycles. The summed E-state index contributed by atoms with van der Waals surface area (Å²) >= 11 is 0. The van der Waals surface area contributed by atoms with Crippen LogP contribution in [0.25, 0.3) is 0 Å². The van der Waals surface area contributed by atoms with Crippen molar-refractivity contribution in [2.45, 2.75) is 68.7 Å². The van der Waals surface area contributed by atoms with Crippen molar-refractivity contribution in [1.29, 1.82) is 0 Å². The quantitative estimate of drug-likeness (QED) is 0.700. The van der Waals surface area contributed by atoms with Gasteiger partial charge in [-0.25, -0.2) is 13.2 Å². The summed E-state index contributed by atoms with van der Waals surface area (Å²) < 4.78 is 24.0. The van der Waals surface area contributed by atoms with Gasteiger partial charge in [-0.3, -0.25) is 0 Å². The van der Waals surface area contributed by atoms with Crippen LogP contribution in [0.15, 0.2) is 0 Å². The Morgan fingerprint density at radius 1 is 1.08 bits per heavy atom. The number of hydrogen-bond donors (Lipinski definition) is 3. The van der Waals surface area contributed by atoms with Crippen LogP contribution in [0.3, 0.4) is 0 Å². The van der Waals surface area contributed by atoms with E-state index in [-0.39, 0.29) is 28.6 Å². The molecule has 4 bridgehead atoms. The number of amides is 2. The Morgan fingerprint density at radius 2 is 1.68 bits per heavy atom. The highest BCUT2D eigenvalue weighted by atomic mass is 32.2. The third-order valence-corrected chi connectivity index (χ3v) is 9.85. The summed E-state index contributed by atoms with van der Waals surface area (Å²) in [5, 5.41) is 5.52. The van der Waals surface area contributed by atoms with Crippen molar-refractivity contribution in [2.75, 3.05) is 12.3 Å². The van der Waals surface area contributed by atoms with Gasteiger partial charge in [0.25, 0.3) is 0 Å². The summed E-state index contributed by atoms with van der Waals surface area (Å²) in [7, 11) is -3.08. The summed E-state index contributed by atoms with van der Waals surface area (Å²) in [6.45, 7) is 2.25. The highest BCUT2D eigenvalue weighted by molar-refractivity contribution is 7.92. The number of hydrogen-bond acceptors (Lipinski definition) is 4. The SMILES string of the molecule is CC1CCC(NC(=O)NCC2(N)C3CC4CC(C3)CC2C4)CS1(=O)=O. The number of nitrogens with one attached hydrogen (secondary N) is 2. The Hall–Kier alpha value is -0.820. The zero-order valence-electron chi connectivity index (χ0n) is 15.0. The maximum atomic E-state index is 12.3. The second-order valence-electron chi connectivity index (χ2n) is 9.16. The summed E-state index contributed by atoms with van der Waals surface area (Å²) in [5.74, 6) is 2.80. The molecule has 142 valence electrons. The normalized spacial score (nSPS) is 47.4. The van der Waals surface area contributed by atoms with E-state index in [2.05, 4.69) is 10.6 Å². The molecule has 0 aromatic carbocycles. The molecule has 0 radical (unpaired) electrons. The molecule has 4 N–H and O–H groups in total. The molecular weight excluding hydrogens is 338 g/mol. The predicted molar refractivity (Wildman–Crippen MR) is 96.8 cm³/mol. The smallest absolute Gasteiger partial charge is 0.315 e. The molecule has 6 nitrogen and oxygen atoms in total. The van der Waals surface area contributed by atoms with Crippen molar-refractivity contribution in [2.24, 2.45) is 29.4 Å². The molecule has 2 unspecified atom stereocenters. The van der Waals surface area contributed by atoms with Gasteiger partial charge in [-0.2, -0.15) is 0 Å². The molecule has 1 heterocycles. The first-order chi connectivity index (χ1) is 11.8. The number of nitrogens with two attached hydrogens (primary N) is 1. The summed E-state index contributed by atoms with van der Waals surface area (Å²) in [6, 6.07) is -0.554. The van der Waals surface area contributed by atoms with E-state index in [1.165, 1.54) is 32.1 Å². The minimum absolute atomic E-state index is 0.0456. The van der Waals surface area contributed by atoms with Crippen molar-refractivity contribution in [3.63, 3.8) is 0 Å². The second-order valence-corrected chi connectivity index (χ2v) is 11.6. The van der Waals surface area contributed by atoms with Crippen LogP contribution in [0.5, 0.6) is 0 Å². The van der Waals surface area contributed by atoms with E-state index in [0.717, 1.165) is 18.3 Å². The lowest BCUT2D eigenvalue weighted by Gasteiger charge is -2.59. The standard InChI is InChI=1S/C18H31N3O3S/c1-11-2-3-16(9-25(11,23)24)21-17(22)20-10-18(19)14-5-12-4-13(7-14)8-15(18)6-12/h11-16H,2-10,19H2,1H3,(H2,20,21,22). The van der Waals surface area contributed by atoms with Crippen LogP contribution in [0.4, 0.5) is 4.79 Å². The molecule has 5 fully saturated rings. The molecule has 0 spiro atoms. The monoisotopic (exact) mass is 369 g/mol. The van der Waals surface area contributed by atoms with E-state index >= 15 is 0 Å². The van der Waals surface area contributed by atoms with Crippen LogP contribution >= 0.6 is 0 Å². The summed E-state index contributed by atoms with van der Waals surface area (Å²) in [4.78, 5) is 12.3. The zero-order chi connectivity index (χ0) is 17.8. The molecule has 7 heteroatoms. The highest BCUT2D eigenvalue weighted by Gasteiger charge is 2.55. The van der Waals surface area contributed by atoms with Crippen LogP contribution in [0, 0.1) is 23.7 Å². The zero-order valence-corrected chi connectivity index (χ0v) is 15.9. The lowest BCUT2D eigenvalue weighted by molar-refractivity contribution is -0.0529. The molecule has 5 aliphatic rings. The average Bonchev–Trinajstić information content (AvgIpc) is 2.53. The van der Waals surface area contributed by atoms with Gasteiger partial charge >= 0.3 is 6.03 Å². The predicted octanol–water partition coefficient (Wildman–Crippen LogP) is 1.40. The van der Waals surface area contributed by atoms with Gasteiger partial charge in [-0.15, -0.1) is 0 Å². The van der Waals surface area contributed by atoms with E-state index in [1.54, 1.807) is 6.92 Å². The first kappa shape index (κ1) is 17.6. The van der Waals surface area contributed by atoms with Crippen molar-refractivity contribution in [3.05, 3.63) is 0 Å². The van der Waals surface area contributed by atoms with Gasteiger partial charge < -0.3 is 16.4 Å². The lowest BCUT2D eigenvalue weighted by atomic mass is 9.49. The van der Waals surface area contributed by atoms with Crippen LogP contribution in [-0.2, 0) is 9.84 Å². The maximum absolute atomic E-state index is 12.3. The number of carbonyl (C=O) groups is 1. The van der Waals surface area contributed by atoms with Gasteiger partial charge in [-0.1, -0.05) is 0 Å². The Kier molecular flexibility index (Phi) is 4.30. The molecule has 2 amide bonds. The molecular formula is C18H31N3O3S. The summed E-state index contributed by atoms with van der Waals surface area (Å²) in [6.07, 6.45) is 7.57. The number of urea groups is 1. The Morgan fingerprint density at radius 3 is 2.24 bits per heavy atom. The van der Waals surface area contributed by atoms with Crippen LogP contribution < -0.4 is 16.4 Å². The average molecular weight is 370 g/mol. The Labute approximate surface area is 150 Å². The van der Waals surface area contributed by atoms with Crippen molar-refractivity contribution < 1.29 is 13.2 Å². The molecule has 4 aliphatic carbocycles. The minimum Gasteiger partial charge on any atom is -0.336 e. The third-order valence-electron chi connectivity index (χ3n) is 7.52. The fourth-order valence-electron chi connectivity index (χ4n) is 6.08. The summed E-state index contributed by atoms with van der Waals surface area (Å²) in [5.41, 5.74) is 6.52. The number of sulfone groups is 1. The maximum Gasteiger partial charge on any atom is 0.315 e. The van der Waals surface area contributed by atoms with Gasteiger partial charge in [-0.05, 0) is 75.5 Å². The fraction of sp³-hybridized carbons (Fsp3) is 0.944. The molecule has 2 atom stereocenters.